The first-order valence-corrected chi connectivity index (χ1v) is 8.50. The zero-order valence-electron chi connectivity index (χ0n) is 15.5. The summed E-state index contributed by atoms with van der Waals surface area (Å²) in [5.41, 5.74) is 2.11. The van der Waals surface area contributed by atoms with E-state index in [0.717, 1.165) is 11.2 Å². The van der Waals surface area contributed by atoms with Gasteiger partial charge in [-0.1, -0.05) is 30.3 Å². The number of aromatic nitrogens is 1. The predicted octanol–water partition coefficient (Wildman–Crippen LogP) is 3.00. The average Bonchev–Trinajstić information content (AvgIpc) is 2.81. The summed E-state index contributed by atoms with van der Waals surface area (Å²) in [6, 6.07) is 12.2. The van der Waals surface area contributed by atoms with E-state index < -0.39 is 7.12 Å². The van der Waals surface area contributed by atoms with Gasteiger partial charge in [-0.05, 0) is 39.3 Å². The van der Waals surface area contributed by atoms with E-state index in [1.807, 2.05) is 52.0 Å². The van der Waals surface area contributed by atoms with Crippen LogP contribution in [0.25, 0.3) is 0 Å². The summed E-state index contributed by atoms with van der Waals surface area (Å²) in [5.74, 6) is 0.552. The van der Waals surface area contributed by atoms with E-state index in [1.54, 1.807) is 13.3 Å². The van der Waals surface area contributed by atoms with Gasteiger partial charge in [0.2, 0.25) is 5.88 Å². The van der Waals surface area contributed by atoms with Crippen LogP contribution in [0, 0.1) is 0 Å². The Morgan fingerprint density at radius 1 is 1.08 bits per heavy atom. The molecule has 0 bridgehead atoms. The van der Waals surface area contributed by atoms with Crippen molar-refractivity contribution < 1.29 is 14.0 Å². The minimum absolute atomic E-state index is 0.380. The Hall–Kier alpha value is -2.05. The van der Waals surface area contributed by atoms with Gasteiger partial charge in [0, 0.05) is 18.2 Å². The molecule has 0 aliphatic carbocycles. The maximum atomic E-state index is 6.11. The molecule has 1 aliphatic rings. The second-order valence-corrected chi connectivity index (χ2v) is 7.25. The number of ether oxygens (including phenoxy) is 1. The zero-order valence-corrected chi connectivity index (χ0v) is 15.5. The lowest BCUT2D eigenvalue weighted by atomic mass is 9.80. The molecule has 2 aromatic rings. The fourth-order valence-electron chi connectivity index (χ4n) is 2.66. The van der Waals surface area contributed by atoms with Crippen molar-refractivity contribution in [3.8, 4) is 5.88 Å². The first-order valence-electron chi connectivity index (χ1n) is 8.50. The fourth-order valence-corrected chi connectivity index (χ4v) is 2.66. The van der Waals surface area contributed by atoms with E-state index >= 15 is 0 Å². The second kappa shape index (κ2) is 6.69. The molecule has 0 radical (unpaired) electrons. The monoisotopic (exact) mass is 340 g/mol. The van der Waals surface area contributed by atoms with Gasteiger partial charge in [0.15, 0.2) is 0 Å². The number of hydrogen-bond donors (Lipinski definition) is 1. The highest BCUT2D eigenvalue weighted by Crippen LogP contribution is 2.36. The molecule has 0 atom stereocenters. The molecule has 1 aliphatic heterocycles. The number of nitrogens with one attached hydrogen (secondary N) is 1. The highest BCUT2D eigenvalue weighted by atomic mass is 16.7. The number of pyridine rings is 1. The smallest absolute Gasteiger partial charge is 0.480 e. The van der Waals surface area contributed by atoms with E-state index in [1.165, 1.54) is 5.56 Å². The maximum absolute atomic E-state index is 6.11. The van der Waals surface area contributed by atoms with Crippen LogP contribution in [-0.4, -0.2) is 30.4 Å². The van der Waals surface area contributed by atoms with Gasteiger partial charge in [-0.3, -0.25) is 0 Å². The highest BCUT2D eigenvalue weighted by Gasteiger charge is 2.51. The minimum Gasteiger partial charge on any atom is -0.480 e. The van der Waals surface area contributed by atoms with Gasteiger partial charge >= 0.3 is 7.12 Å². The largest absolute Gasteiger partial charge is 0.496 e. The van der Waals surface area contributed by atoms with Crippen LogP contribution < -0.4 is 15.5 Å². The van der Waals surface area contributed by atoms with Crippen molar-refractivity contribution in [3.63, 3.8) is 0 Å². The van der Waals surface area contributed by atoms with Gasteiger partial charge in [0.25, 0.3) is 0 Å². The van der Waals surface area contributed by atoms with Crippen molar-refractivity contribution in [3.05, 3.63) is 48.2 Å². The molecule has 0 saturated carbocycles. The van der Waals surface area contributed by atoms with Crippen LogP contribution in [0.3, 0.4) is 0 Å². The molecule has 25 heavy (non-hydrogen) atoms. The summed E-state index contributed by atoms with van der Waals surface area (Å²) >= 11 is 0. The van der Waals surface area contributed by atoms with Crippen LogP contribution in [-0.2, 0) is 15.9 Å². The molecule has 0 amide bonds. The topological polar surface area (TPSA) is 52.6 Å². The van der Waals surface area contributed by atoms with Crippen LogP contribution in [0.2, 0.25) is 0 Å². The summed E-state index contributed by atoms with van der Waals surface area (Å²) in [4.78, 5) is 4.40. The summed E-state index contributed by atoms with van der Waals surface area (Å²) in [7, 11) is 1.17. The van der Waals surface area contributed by atoms with Gasteiger partial charge in [-0.2, -0.15) is 0 Å². The highest BCUT2D eigenvalue weighted by molar-refractivity contribution is 6.62. The van der Waals surface area contributed by atoms with Crippen molar-refractivity contribution in [2.24, 2.45) is 0 Å². The molecule has 132 valence electrons. The van der Waals surface area contributed by atoms with Gasteiger partial charge in [-0.25, -0.2) is 4.98 Å². The van der Waals surface area contributed by atoms with Crippen molar-refractivity contribution in [1.82, 2.24) is 4.98 Å². The second-order valence-electron chi connectivity index (χ2n) is 7.25. The molecule has 1 saturated heterocycles. The molecule has 1 aromatic carbocycles. The Morgan fingerprint density at radius 3 is 2.32 bits per heavy atom. The van der Waals surface area contributed by atoms with Gasteiger partial charge in [0.05, 0.1) is 24.0 Å². The summed E-state index contributed by atoms with van der Waals surface area (Å²) in [6.45, 7) is 8.85. The van der Waals surface area contributed by atoms with Crippen LogP contribution in [0.15, 0.2) is 42.6 Å². The molecule has 1 aromatic heterocycles. The normalized spacial score (nSPS) is 18.2. The summed E-state index contributed by atoms with van der Waals surface area (Å²) in [5, 5.41) is 3.39. The third-order valence-electron chi connectivity index (χ3n) is 4.92. The summed E-state index contributed by atoms with van der Waals surface area (Å²) in [6.07, 6.45) is 1.74. The maximum Gasteiger partial charge on any atom is 0.496 e. The minimum atomic E-state index is -0.444. The van der Waals surface area contributed by atoms with Crippen LogP contribution in [0.1, 0.15) is 33.3 Å². The standard InChI is InChI=1S/C19H25BN2O3/c1-18(2)19(3,4)25-20(24-18)15-11-16(17(23-5)22-13-15)21-12-14-9-7-6-8-10-14/h6-11,13,21H,12H2,1-5H3. The molecule has 0 spiro atoms. The summed E-state index contributed by atoms with van der Waals surface area (Å²) < 4.78 is 17.6. The first kappa shape index (κ1) is 17.8. The van der Waals surface area contributed by atoms with E-state index in [9.17, 15) is 0 Å². The van der Waals surface area contributed by atoms with E-state index in [-0.39, 0.29) is 11.2 Å². The Bertz CT molecular complexity index is 719. The number of rotatable bonds is 5. The quantitative estimate of drug-likeness (QED) is 0.848. The lowest BCUT2D eigenvalue weighted by Gasteiger charge is -2.32. The third kappa shape index (κ3) is 3.65. The lowest BCUT2D eigenvalue weighted by molar-refractivity contribution is 0.00578. The van der Waals surface area contributed by atoms with Crippen LogP contribution >= 0.6 is 0 Å². The van der Waals surface area contributed by atoms with E-state index in [2.05, 4.69) is 22.4 Å². The molecule has 1 fully saturated rings. The van der Waals surface area contributed by atoms with Crippen molar-refractivity contribution >= 4 is 18.3 Å². The molecule has 2 heterocycles. The molecule has 1 N–H and O–H groups in total. The van der Waals surface area contributed by atoms with Crippen molar-refractivity contribution in [1.29, 1.82) is 0 Å². The molecule has 3 rings (SSSR count). The first-order chi connectivity index (χ1) is 11.8. The van der Waals surface area contributed by atoms with E-state index in [4.69, 9.17) is 14.0 Å². The molecule has 5 nitrogen and oxygen atoms in total. The van der Waals surface area contributed by atoms with Gasteiger partial charge in [0.1, 0.15) is 0 Å². The average molecular weight is 340 g/mol. The SMILES string of the molecule is COc1ncc(B2OC(C)(C)C(C)(C)O2)cc1NCc1ccccc1. The van der Waals surface area contributed by atoms with Crippen LogP contribution in [0.5, 0.6) is 5.88 Å². The van der Waals surface area contributed by atoms with E-state index in [0.29, 0.717) is 12.4 Å². The zero-order chi connectivity index (χ0) is 18.1. The fraction of sp³-hybridized carbons (Fsp3) is 0.421. The Balaban J connectivity index is 1.81. The number of nitrogens with zero attached hydrogens (tertiary/aromatic N) is 1. The molecular weight excluding hydrogens is 315 g/mol. The Kier molecular flexibility index (Phi) is 4.76. The van der Waals surface area contributed by atoms with Gasteiger partial charge < -0.3 is 19.4 Å². The molecule has 6 heteroatoms. The lowest BCUT2D eigenvalue weighted by Crippen LogP contribution is -2.41. The number of hydrogen-bond acceptors (Lipinski definition) is 5. The number of methoxy groups -OCH3 is 1. The van der Waals surface area contributed by atoms with Crippen LogP contribution in [0.4, 0.5) is 5.69 Å². The van der Waals surface area contributed by atoms with Crippen molar-refractivity contribution in [2.75, 3.05) is 12.4 Å². The molecular formula is C19H25BN2O3. The van der Waals surface area contributed by atoms with Crippen molar-refractivity contribution in [2.45, 2.75) is 45.4 Å². The number of anilines is 1. The van der Waals surface area contributed by atoms with Gasteiger partial charge in [-0.15, -0.1) is 0 Å². The Labute approximate surface area is 149 Å². The predicted molar refractivity (Wildman–Crippen MR) is 100 cm³/mol. The number of benzene rings is 1. The third-order valence-corrected chi connectivity index (χ3v) is 4.92. The Morgan fingerprint density at radius 2 is 1.72 bits per heavy atom. The molecule has 0 unspecified atom stereocenters.